The Morgan fingerprint density at radius 3 is 2.28 bits per heavy atom. The van der Waals surface area contributed by atoms with Crippen molar-refractivity contribution in [1.82, 2.24) is 9.55 Å². The summed E-state index contributed by atoms with van der Waals surface area (Å²) in [5.74, 6) is 0. The molecule has 4 rings (SSSR count). The van der Waals surface area contributed by atoms with Crippen LogP contribution < -0.4 is 24.8 Å². The molecule has 125 valence electrons. The van der Waals surface area contributed by atoms with Crippen molar-refractivity contribution in [3.63, 3.8) is 0 Å². The number of aryl methyl sites for hydroxylation is 2. The Morgan fingerprint density at radius 1 is 0.920 bits per heavy atom. The molecule has 25 heavy (non-hydrogen) atoms. The Balaban J connectivity index is 0.00000104. The van der Waals surface area contributed by atoms with Gasteiger partial charge in [0, 0.05) is 18.1 Å². The van der Waals surface area contributed by atoms with Crippen molar-refractivity contribution in [3.8, 4) is 16.8 Å². The predicted octanol–water partition coefficient (Wildman–Crippen LogP) is -0.966. The summed E-state index contributed by atoms with van der Waals surface area (Å²) in [4.78, 5) is 4.19. The second kappa shape index (κ2) is 8.89. The summed E-state index contributed by atoms with van der Waals surface area (Å²) in [6, 6.07) is 17.7. The fraction of sp³-hybridized carbons (Fsp3) is 0.100. The molecule has 0 aliphatic heterocycles. The van der Waals surface area contributed by atoms with Crippen molar-refractivity contribution >= 4 is 10.8 Å². The van der Waals surface area contributed by atoms with Crippen LogP contribution in [0.2, 0.25) is 0 Å². The van der Waals surface area contributed by atoms with Crippen LogP contribution in [0.5, 0.6) is 0 Å². The minimum atomic E-state index is 0. The number of nitrogens with zero attached hydrogens (tertiary/aromatic N) is 2. The summed E-state index contributed by atoms with van der Waals surface area (Å²) in [5, 5.41) is 2.55. The Bertz CT molecular complexity index is 942. The van der Waals surface area contributed by atoms with E-state index in [-0.39, 0.29) is 51.0 Å². The fourth-order valence-electron chi connectivity index (χ4n) is 2.98. The van der Waals surface area contributed by atoms with E-state index < -0.39 is 0 Å². The first kappa shape index (κ1) is 21.8. The van der Waals surface area contributed by atoms with Crippen LogP contribution in [0.4, 0.5) is 0 Å². The third-order valence-corrected chi connectivity index (χ3v) is 4.11. The van der Waals surface area contributed by atoms with Crippen molar-refractivity contribution < 1.29 is 51.0 Å². The minimum absolute atomic E-state index is 0. The van der Waals surface area contributed by atoms with E-state index in [9.17, 15) is 0 Å². The number of hydrogen-bond acceptors (Lipinski definition) is 1. The van der Waals surface area contributed by atoms with Gasteiger partial charge in [0.15, 0.2) is 0 Å². The molecule has 0 aliphatic carbocycles. The first-order chi connectivity index (χ1) is 10.7. The van der Waals surface area contributed by atoms with Crippen LogP contribution in [-0.2, 0) is 26.2 Å². The van der Waals surface area contributed by atoms with Crippen LogP contribution in [0.3, 0.4) is 0 Å². The molecule has 1 aromatic heterocycles. The van der Waals surface area contributed by atoms with E-state index in [4.69, 9.17) is 0 Å². The van der Waals surface area contributed by atoms with E-state index in [0.29, 0.717) is 0 Å². The minimum Gasteiger partial charge on any atom is -1.00 e. The van der Waals surface area contributed by atoms with Crippen molar-refractivity contribution in [3.05, 3.63) is 78.4 Å². The van der Waals surface area contributed by atoms with Crippen LogP contribution in [0.15, 0.2) is 67.3 Å². The monoisotopic (exact) mass is 445 g/mol. The van der Waals surface area contributed by atoms with Gasteiger partial charge in [-0.25, -0.2) is 4.98 Å². The first-order valence-corrected chi connectivity index (χ1v) is 7.47. The SMILES string of the molecule is Cc1ccc(-c2cc(-n3ccnc3)c3cc(C)[cH-]c3c2)cc1.[Cl-].[Cl-].[Zr+3]. The molecule has 4 aromatic rings. The molecule has 0 bridgehead atoms. The summed E-state index contributed by atoms with van der Waals surface area (Å²) in [6.07, 6.45) is 5.67. The van der Waals surface area contributed by atoms with E-state index in [1.54, 1.807) is 0 Å². The summed E-state index contributed by atoms with van der Waals surface area (Å²) >= 11 is 0. The molecule has 0 aliphatic rings. The zero-order chi connectivity index (χ0) is 15.1. The molecular formula is C20H17Cl2N2Zr. The molecule has 3 aromatic carbocycles. The van der Waals surface area contributed by atoms with E-state index in [1.165, 1.54) is 38.7 Å². The molecule has 0 unspecified atom stereocenters. The van der Waals surface area contributed by atoms with Gasteiger partial charge in [0.25, 0.3) is 0 Å². The van der Waals surface area contributed by atoms with Gasteiger partial charge in [-0.2, -0.15) is 6.07 Å². The normalized spacial score (nSPS) is 9.84. The zero-order valence-corrected chi connectivity index (χ0v) is 18.0. The first-order valence-electron chi connectivity index (χ1n) is 7.47. The third kappa shape index (κ3) is 4.28. The Hall–Kier alpha value is -1.28. The van der Waals surface area contributed by atoms with Gasteiger partial charge in [0.2, 0.25) is 0 Å². The standard InChI is InChI=1S/C20H17N2.2ClH.Zr/c1-14-3-5-16(6-4-14)17-11-18-9-15(2)10-19(18)20(12-17)22-8-7-21-13-22;;;/h3-13H,1-2H3;2*1H;/q-1;;;+3/p-2. The molecule has 0 fully saturated rings. The van der Waals surface area contributed by atoms with E-state index in [0.717, 1.165) is 0 Å². The average molecular weight is 447 g/mol. The van der Waals surface area contributed by atoms with Gasteiger partial charge < -0.3 is 29.4 Å². The van der Waals surface area contributed by atoms with Crippen LogP contribution >= 0.6 is 0 Å². The van der Waals surface area contributed by atoms with Gasteiger partial charge in [0.1, 0.15) is 0 Å². The van der Waals surface area contributed by atoms with Gasteiger partial charge in [-0.1, -0.05) is 42.3 Å². The topological polar surface area (TPSA) is 17.8 Å². The molecule has 2 nitrogen and oxygen atoms in total. The zero-order valence-electron chi connectivity index (χ0n) is 14.0. The summed E-state index contributed by atoms with van der Waals surface area (Å²) in [6.45, 7) is 4.26. The molecule has 0 N–H and O–H groups in total. The number of benzene rings is 2. The number of halogens is 2. The maximum absolute atomic E-state index is 4.19. The van der Waals surface area contributed by atoms with Crippen molar-refractivity contribution in [2.24, 2.45) is 0 Å². The Kier molecular flexibility index (Phi) is 7.74. The van der Waals surface area contributed by atoms with Gasteiger partial charge >= 0.3 is 26.2 Å². The molecule has 0 atom stereocenters. The predicted molar refractivity (Wildman–Crippen MR) is 91.6 cm³/mol. The smallest absolute Gasteiger partial charge is 1.00 e. The summed E-state index contributed by atoms with van der Waals surface area (Å²) in [7, 11) is 0. The average Bonchev–Trinajstić information content (AvgIpc) is 3.15. The number of aromatic nitrogens is 2. The molecule has 0 saturated carbocycles. The molecule has 1 heterocycles. The molecule has 0 saturated heterocycles. The van der Waals surface area contributed by atoms with E-state index in [2.05, 4.69) is 71.9 Å². The number of hydrogen-bond donors (Lipinski definition) is 0. The molecule has 5 heteroatoms. The second-order valence-corrected chi connectivity index (χ2v) is 5.87. The summed E-state index contributed by atoms with van der Waals surface area (Å²) in [5.41, 5.74) is 6.23. The largest absolute Gasteiger partial charge is 3.00 e. The van der Waals surface area contributed by atoms with Crippen LogP contribution in [0.1, 0.15) is 11.1 Å². The summed E-state index contributed by atoms with van der Waals surface area (Å²) < 4.78 is 2.08. The number of rotatable bonds is 2. The van der Waals surface area contributed by atoms with Crippen molar-refractivity contribution in [1.29, 1.82) is 0 Å². The van der Waals surface area contributed by atoms with Crippen LogP contribution in [-0.4, -0.2) is 9.55 Å². The number of fused-ring (bicyclic) bond motifs is 1. The van der Waals surface area contributed by atoms with Gasteiger partial charge in [-0.05, 0) is 18.6 Å². The van der Waals surface area contributed by atoms with E-state index in [1.807, 2.05) is 18.7 Å². The van der Waals surface area contributed by atoms with Gasteiger partial charge in [0.05, 0.1) is 6.33 Å². The van der Waals surface area contributed by atoms with Gasteiger partial charge in [-0.3, -0.25) is 0 Å². The molecular weight excluding hydrogens is 430 g/mol. The third-order valence-electron chi connectivity index (χ3n) is 4.11. The van der Waals surface area contributed by atoms with Crippen molar-refractivity contribution in [2.75, 3.05) is 0 Å². The maximum atomic E-state index is 4.19. The quantitative estimate of drug-likeness (QED) is 0.362. The van der Waals surface area contributed by atoms with Crippen LogP contribution in [0.25, 0.3) is 27.6 Å². The Labute approximate surface area is 179 Å². The fourth-order valence-corrected chi connectivity index (χ4v) is 2.98. The van der Waals surface area contributed by atoms with Crippen molar-refractivity contribution in [2.45, 2.75) is 13.8 Å². The molecule has 1 radical (unpaired) electrons. The second-order valence-electron chi connectivity index (χ2n) is 5.87. The number of imidazole rings is 1. The van der Waals surface area contributed by atoms with Gasteiger partial charge in [-0.15, -0.1) is 28.5 Å². The molecule has 0 amide bonds. The van der Waals surface area contributed by atoms with Crippen LogP contribution in [0, 0.1) is 13.8 Å². The van der Waals surface area contributed by atoms with E-state index >= 15 is 0 Å². The molecule has 0 spiro atoms. The Morgan fingerprint density at radius 2 is 1.64 bits per heavy atom. The maximum Gasteiger partial charge on any atom is 3.00 e.